The molecule has 0 saturated carbocycles. The summed E-state index contributed by atoms with van der Waals surface area (Å²) in [5.41, 5.74) is 0.974. The molecule has 1 aromatic rings. The molecule has 0 aliphatic heterocycles. The van der Waals surface area contributed by atoms with Crippen molar-refractivity contribution in [3.05, 3.63) is 34.9 Å². The van der Waals surface area contributed by atoms with Crippen LogP contribution < -0.4 is 0 Å². The smallest absolute Gasteiger partial charge is 0.127 e. The molecule has 0 radical (unpaired) electrons. The Morgan fingerprint density at radius 2 is 1.94 bits per heavy atom. The summed E-state index contributed by atoms with van der Waals surface area (Å²) in [6.07, 6.45) is 3.06. The topological polar surface area (TPSA) is 20.3 Å². The molecule has 0 aliphatic carbocycles. The standard InChI is InChI=1S/C15H22ClNO/c1-4-9-15(2,12-18)11-17(3)10-13-5-7-14(16)8-6-13/h5-8,12H,4,9-11H2,1-3H3. The lowest BCUT2D eigenvalue weighted by atomic mass is 9.87. The largest absolute Gasteiger partial charge is 0.303 e. The van der Waals surface area contributed by atoms with Crippen LogP contribution in [0, 0.1) is 5.41 Å². The van der Waals surface area contributed by atoms with Crippen LogP contribution in [0.3, 0.4) is 0 Å². The highest BCUT2D eigenvalue weighted by atomic mass is 35.5. The van der Waals surface area contributed by atoms with E-state index in [1.165, 1.54) is 5.56 Å². The first-order chi connectivity index (χ1) is 8.49. The van der Waals surface area contributed by atoms with E-state index < -0.39 is 0 Å². The zero-order valence-electron chi connectivity index (χ0n) is 11.4. The van der Waals surface area contributed by atoms with E-state index in [1.807, 2.05) is 38.2 Å². The SMILES string of the molecule is CCCC(C)(C=O)CN(C)Cc1ccc(Cl)cc1. The Kier molecular flexibility index (Phi) is 5.83. The number of nitrogens with zero attached hydrogens (tertiary/aromatic N) is 1. The van der Waals surface area contributed by atoms with Gasteiger partial charge in [-0.25, -0.2) is 0 Å². The van der Waals surface area contributed by atoms with Crippen molar-refractivity contribution in [3.8, 4) is 0 Å². The molecule has 0 amide bonds. The number of aldehydes is 1. The molecule has 0 saturated heterocycles. The predicted octanol–water partition coefficient (Wildman–Crippen LogP) is 3.78. The number of hydrogen-bond acceptors (Lipinski definition) is 2. The maximum Gasteiger partial charge on any atom is 0.127 e. The molecule has 1 atom stereocenters. The van der Waals surface area contributed by atoms with Crippen LogP contribution in [0.25, 0.3) is 0 Å². The normalized spacial score (nSPS) is 14.5. The van der Waals surface area contributed by atoms with Gasteiger partial charge in [-0.05, 0) is 31.2 Å². The van der Waals surface area contributed by atoms with Crippen molar-refractivity contribution < 1.29 is 4.79 Å². The molecular weight excluding hydrogens is 246 g/mol. The van der Waals surface area contributed by atoms with Crippen LogP contribution in [0.1, 0.15) is 32.3 Å². The van der Waals surface area contributed by atoms with Gasteiger partial charge in [0.2, 0.25) is 0 Å². The minimum atomic E-state index is -0.240. The fourth-order valence-electron chi connectivity index (χ4n) is 2.32. The third-order valence-corrected chi connectivity index (χ3v) is 3.35. The monoisotopic (exact) mass is 267 g/mol. The number of carbonyl (C=O) groups is 1. The first-order valence-electron chi connectivity index (χ1n) is 6.38. The van der Waals surface area contributed by atoms with Gasteiger partial charge in [-0.3, -0.25) is 0 Å². The molecule has 2 nitrogen and oxygen atoms in total. The molecule has 18 heavy (non-hydrogen) atoms. The Labute approximate surface area is 115 Å². The summed E-state index contributed by atoms with van der Waals surface area (Å²) in [7, 11) is 2.05. The van der Waals surface area contributed by atoms with E-state index in [0.717, 1.165) is 37.2 Å². The fraction of sp³-hybridized carbons (Fsp3) is 0.533. The number of carbonyl (C=O) groups excluding carboxylic acids is 1. The lowest BCUT2D eigenvalue weighted by Crippen LogP contribution is -2.34. The van der Waals surface area contributed by atoms with Crippen LogP contribution in [0.4, 0.5) is 0 Å². The molecule has 0 heterocycles. The van der Waals surface area contributed by atoms with E-state index in [0.29, 0.717) is 0 Å². The number of benzene rings is 1. The average molecular weight is 268 g/mol. The van der Waals surface area contributed by atoms with Crippen LogP contribution in [-0.4, -0.2) is 24.8 Å². The zero-order valence-corrected chi connectivity index (χ0v) is 12.2. The second kappa shape index (κ2) is 6.91. The molecule has 0 aliphatic rings. The summed E-state index contributed by atoms with van der Waals surface area (Å²) in [5, 5.41) is 0.755. The summed E-state index contributed by atoms with van der Waals surface area (Å²) in [5.74, 6) is 0. The molecule has 100 valence electrons. The van der Waals surface area contributed by atoms with Crippen molar-refractivity contribution in [1.82, 2.24) is 4.90 Å². The summed E-state index contributed by atoms with van der Waals surface area (Å²) in [4.78, 5) is 13.4. The highest BCUT2D eigenvalue weighted by Crippen LogP contribution is 2.22. The van der Waals surface area contributed by atoms with Gasteiger partial charge in [-0.15, -0.1) is 0 Å². The quantitative estimate of drug-likeness (QED) is 0.701. The van der Waals surface area contributed by atoms with Crippen molar-refractivity contribution >= 4 is 17.9 Å². The number of halogens is 1. The van der Waals surface area contributed by atoms with E-state index in [9.17, 15) is 4.79 Å². The molecule has 0 spiro atoms. The molecule has 0 N–H and O–H groups in total. The first-order valence-corrected chi connectivity index (χ1v) is 6.76. The molecule has 0 bridgehead atoms. The van der Waals surface area contributed by atoms with Gasteiger partial charge in [0.05, 0.1) is 0 Å². The average Bonchev–Trinajstić information content (AvgIpc) is 2.32. The van der Waals surface area contributed by atoms with E-state index in [4.69, 9.17) is 11.6 Å². The van der Waals surface area contributed by atoms with Crippen molar-refractivity contribution in [3.63, 3.8) is 0 Å². The molecule has 0 aromatic heterocycles. The Balaban J connectivity index is 2.57. The summed E-state index contributed by atoms with van der Waals surface area (Å²) < 4.78 is 0. The lowest BCUT2D eigenvalue weighted by Gasteiger charge is -2.28. The molecule has 1 unspecified atom stereocenters. The minimum absolute atomic E-state index is 0.240. The van der Waals surface area contributed by atoms with Gasteiger partial charge < -0.3 is 9.69 Å². The van der Waals surface area contributed by atoms with Crippen LogP contribution in [0.2, 0.25) is 5.02 Å². The van der Waals surface area contributed by atoms with Gasteiger partial charge in [0.25, 0.3) is 0 Å². The third-order valence-electron chi connectivity index (χ3n) is 3.10. The molecule has 0 fully saturated rings. The second-order valence-electron chi connectivity index (χ2n) is 5.32. The van der Waals surface area contributed by atoms with E-state index in [2.05, 4.69) is 11.8 Å². The third kappa shape index (κ3) is 4.79. The van der Waals surface area contributed by atoms with Crippen molar-refractivity contribution in [2.24, 2.45) is 5.41 Å². The van der Waals surface area contributed by atoms with Crippen LogP contribution in [-0.2, 0) is 11.3 Å². The van der Waals surface area contributed by atoms with Gasteiger partial charge in [-0.1, -0.05) is 44.0 Å². The maximum atomic E-state index is 11.2. The highest BCUT2D eigenvalue weighted by Gasteiger charge is 2.24. The summed E-state index contributed by atoms with van der Waals surface area (Å²) in [6, 6.07) is 7.85. The van der Waals surface area contributed by atoms with Crippen LogP contribution in [0.15, 0.2) is 24.3 Å². The Bertz CT molecular complexity index is 377. The van der Waals surface area contributed by atoms with E-state index >= 15 is 0 Å². The van der Waals surface area contributed by atoms with Crippen molar-refractivity contribution in [2.45, 2.75) is 33.2 Å². The van der Waals surface area contributed by atoms with Gasteiger partial charge in [-0.2, -0.15) is 0 Å². The molecule has 1 aromatic carbocycles. The summed E-state index contributed by atoms with van der Waals surface area (Å²) >= 11 is 5.86. The highest BCUT2D eigenvalue weighted by molar-refractivity contribution is 6.30. The van der Waals surface area contributed by atoms with Crippen molar-refractivity contribution in [2.75, 3.05) is 13.6 Å². The van der Waals surface area contributed by atoms with Gasteiger partial charge in [0.15, 0.2) is 0 Å². The van der Waals surface area contributed by atoms with Gasteiger partial charge in [0, 0.05) is 23.5 Å². The first kappa shape index (κ1) is 15.2. The molecule has 3 heteroatoms. The minimum Gasteiger partial charge on any atom is -0.303 e. The predicted molar refractivity (Wildman–Crippen MR) is 76.9 cm³/mol. The molecular formula is C15H22ClNO. The van der Waals surface area contributed by atoms with E-state index in [1.54, 1.807) is 0 Å². The van der Waals surface area contributed by atoms with Crippen LogP contribution >= 0.6 is 11.6 Å². The summed E-state index contributed by atoms with van der Waals surface area (Å²) in [6.45, 7) is 5.76. The maximum absolute atomic E-state index is 11.2. The Morgan fingerprint density at radius 3 is 2.44 bits per heavy atom. The van der Waals surface area contributed by atoms with Crippen molar-refractivity contribution in [1.29, 1.82) is 0 Å². The van der Waals surface area contributed by atoms with Gasteiger partial charge >= 0.3 is 0 Å². The number of rotatable bonds is 7. The second-order valence-corrected chi connectivity index (χ2v) is 5.76. The Morgan fingerprint density at radius 1 is 1.33 bits per heavy atom. The lowest BCUT2D eigenvalue weighted by molar-refractivity contribution is -0.116. The van der Waals surface area contributed by atoms with Crippen LogP contribution in [0.5, 0.6) is 0 Å². The van der Waals surface area contributed by atoms with Gasteiger partial charge in [0.1, 0.15) is 6.29 Å². The number of hydrogen-bond donors (Lipinski definition) is 0. The van der Waals surface area contributed by atoms with E-state index in [-0.39, 0.29) is 5.41 Å². The Hall–Kier alpha value is -0.860. The fourth-order valence-corrected chi connectivity index (χ4v) is 2.45. The zero-order chi connectivity index (χ0) is 13.6. The molecule has 1 rings (SSSR count).